The van der Waals surface area contributed by atoms with Gasteiger partial charge in [0.2, 0.25) is 11.8 Å². The van der Waals surface area contributed by atoms with Crippen LogP contribution in [0.15, 0.2) is 33.3 Å². The third kappa shape index (κ3) is 5.01. The van der Waals surface area contributed by atoms with Gasteiger partial charge in [-0.1, -0.05) is 24.5 Å². The van der Waals surface area contributed by atoms with Crippen LogP contribution in [-0.4, -0.2) is 57.9 Å². The fourth-order valence-corrected chi connectivity index (χ4v) is 5.21. The molecule has 1 aromatic rings. The van der Waals surface area contributed by atoms with E-state index in [2.05, 4.69) is 11.7 Å². The van der Waals surface area contributed by atoms with Crippen LogP contribution < -0.4 is 0 Å². The summed E-state index contributed by atoms with van der Waals surface area (Å²) in [6.07, 6.45) is 2.83. The monoisotopic (exact) mass is 475 g/mol. The topological polar surface area (TPSA) is 138 Å². The predicted molar refractivity (Wildman–Crippen MR) is 122 cm³/mol. The molecule has 186 valence electrons. The summed E-state index contributed by atoms with van der Waals surface area (Å²) < 4.78 is 10.1. The van der Waals surface area contributed by atoms with E-state index in [4.69, 9.17) is 4.42 Å². The number of ether oxygens (including phenoxy) is 1. The second-order valence-corrected chi connectivity index (χ2v) is 8.91. The first-order chi connectivity index (χ1) is 16.3. The van der Waals surface area contributed by atoms with Gasteiger partial charge in [0.25, 0.3) is 0 Å². The van der Waals surface area contributed by atoms with Crippen molar-refractivity contribution in [3.8, 4) is 0 Å². The third-order valence-electron chi connectivity index (χ3n) is 6.74. The zero-order valence-corrected chi connectivity index (χ0v) is 19.8. The zero-order valence-electron chi connectivity index (χ0n) is 19.8. The zero-order chi connectivity index (χ0) is 25.0. The largest absolute Gasteiger partial charge is 0.459 e. The Hall–Kier alpha value is -2.75. The summed E-state index contributed by atoms with van der Waals surface area (Å²) in [5.41, 5.74) is 2.38. The lowest BCUT2D eigenvalue weighted by Crippen LogP contribution is -2.39. The number of methoxy groups -OCH3 is 1. The Balaban J connectivity index is 1.79. The average molecular weight is 476 g/mol. The van der Waals surface area contributed by atoms with Crippen molar-refractivity contribution in [1.29, 1.82) is 0 Å². The number of fused-ring (bicyclic) bond motifs is 1. The molecule has 1 aliphatic carbocycles. The summed E-state index contributed by atoms with van der Waals surface area (Å²) in [7, 11) is 1.10. The summed E-state index contributed by atoms with van der Waals surface area (Å²) >= 11 is 0. The predicted octanol–water partition coefficient (Wildman–Crippen LogP) is 2.79. The van der Waals surface area contributed by atoms with Gasteiger partial charge in [0, 0.05) is 5.92 Å². The molecule has 34 heavy (non-hydrogen) atoms. The molecular formula is C25H33NO8. The van der Waals surface area contributed by atoms with Crippen LogP contribution in [0.5, 0.6) is 0 Å². The summed E-state index contributed by atoms with van der Waals surface area (Å²) in [5.74, 6) is -2.63. The van der Waals surface area contributed by atoms with Gasteiger partial charge in [0.1, 0.15) is 18.1 Å². The second kappa shape index (κ2) is 11.1. The number of carbonyl (C=O) groups excluding carboxylic acids is 3. The molecule has 2 heterocycles. The van der Waals surface area contributed by atoms with E-state index in [1.807, 2.05) is 6.08 Å². The van der Waals surface area contributed by atoms with Crippen molar-refractivity contribution >= 4 is 24.0 Å². The molecule has 3 amide bonds. The minimum atomic E-state index is -1.03. The highest BCUT2D eigenvalue weighted by Crippen LogP contribution is 2.46. The van der Waals surface area contributed by atoms with Crippen molar-refractivity contribution in [3.05, 3.63) is 40.4 Å². The molecule has 2 aliphatic rings. The lowest BCUT2D eigenvalue weighted by Gasteiger charge is -2.35. The van der Waals surface area contributed by atoms with Crippen LogP contribution in [0.1, 0.15) is 57.5 Å². The molecular weight excluding hydrogens is 442 g/mol. The summed E-state index contributed by atoms with van der Waals surface area (Å²) in [5, 5.41) is 30.5. The van der Waals surface area contributed by atoms with Gasteiger partial charge in [-0.05, 0) is 56.4 Å². The van der Waals surface area contributed by atoms with Crippen LogP contribution in [0.3, 0.4) is 0 Å². The highest BCUT2D eigenvalue weighted by atomic mass is 16.5. The first-order valence-electron chi connectivity index (χ1n) is 11.6. The van der Waals surface area contributed by atoms with Crippen molar-refractivity contribution in [2.75, 3.05) is 13.7 Å². The molecule has 3 N–H and O–H groups in total. The molecule has 9 heteroatoms. The van der Waals surface area contributed by atoms with E-state index < -0.39 is 48.4 Å². The number of imide groups is 3. The van der Waals surface area contributed by atoms with E-state index >= 15 is 0 Å². The number of hydrogen-bond donors (Lipinski definition) is 3. The number of nitrogens with zero attached hydrogens (tertiary/aromatic N) is 1. The fourth-order valence-electron chi connectivity index (χ4n) is 5.21. The number of amides is 3. The van der Waals surface area contributed by atoms with Crippen LogP contribution in [0.25, 0.3) is 6.08 Å². The third-order valence-corrected chi connectivity index (χ3v) is 6.74. The van der Waals surface area contributed by atoms with E-state index in [1.165, 1.54) is 0 Å². The molecule has 1 aromatic heterocycles. The molecule has 9 nitrogen and oxygen atoms in total. The van der Waals surface area contributed by atoms with Crippen LogP contribution in [0, 0.1) is 17.8 Å². The maximum absolute atomic E-state index is 12.9. The van der Waals surface area contributed by atoms with E-state index in [0.717, 1.165) is 31.1 Å². The number of aliphatic hydroxyl groups is 3. The molecule has 4 atom stereocenters. The fraction of sp³-hybridized carbons (Fsp3) is 0.560. The summed E-state index contributed by atoms with van der Waals surface area (Å²) in [6.45, 7) is 3.24. The number of allylic oxidation sites excluding steroid dienone is 2. The Morgan fingerprint density at radius 1 is 1.26 bits per heavy atom. The first kappa shape index (κ1) is 25.9. The van der Waals surface area contributed by atoms with Gasteiger partial charge < -0.3 is 24.5 Å². The molecule has 0 aromatic carbocycles. The maximum atomic E-state index is 12.9. The van der Waals surface area contributed by atoms with E-state index in [9.17, 15) is 29.7 Å². The van der Waals surface area contributed by atoms with E-state index in [1.54, 1.807) is 19.1 Å². The molecule has 0 radical (unpaired) electrons. The Kier molecular flexibility index (Phi) is 8.46. The molecule has 3 rings (SSSR count). The SMILES string of the molecule is CCC/C(=C\c1ccc(CO)o1)CC[C@@H](O)C1=C(C)C[C@H]2C(=O)N(C(=O)OC)C(=O)[C@H]2[C@H]1CO. The average Bonchev–Trinajstić information content (AvgIpc) is 3.37. The van der Waals surface area contributed by atoms with Gasteiger partial charge in [-0.25, -0.2) is 4.79 Å². The van der Waals surface area contributed by atoms with Crippen LogP contribution in [-0.2, 0) is 20.9 Å². The Morgan fingerprint density at radius 2 is 2.00 bits per heavy atom. The van der Waals surface area contributed by atoms with Gasteiger partial charge in [0.05, 0.1) is 31.7 Å². The Morgan fingerprint density at radius 3 is 2.59 bits per heavy atom. The molecule has 0 bridgehead atoms. The van der Waals surface area contributed by atoms with Crippen LogP contribution in [0.2, 0.25) is 0 Å². The van der Waals surface area contributed by atoms with Gasteiger partial charge in [0.15, 0.2) is 0 Å². The summed E-state index contributed by atoms with van der Waals surface area (Å²) in [6, 6.07) is 3.49. The molecule has 0 saturated carbocycles. The van der Waals surface area contributed by atoms with Crippen molar-refractivity contribution in [2.45, 2.75) is 58.7 Å². The number of likely N-dealkylation sites (tertiary alicyclic amines) is 1. The van der Waals surface area contributed by atoms with E-state index in [-0.39, 0.29) is 13.0 Å². The van der Waals surface area contributed by atoms with Gasteiger partial charge in [-0.2, -0.15) is 4.90 Å². The Labute approximate surface area is 198 Å². The highest BCUT2D eigenvalue weighted by Gasteiger charge is 2.56. The number of furan rings is 1. The number of aliphatic hydroxyl groups excluding tert-OH is 3. The minimum absolute atomic E-state index is 0.178. The molecule has 1 fully saturated rings. The number of carbonyl (C=O) groups is 3. The minimum Gasteiger partial charge on any atom is -0.459 e. The van der Waals surface area contributed by atoms with Gasteiger partial charge >= 0.3 is 6.09 Å². The lowest BCUT2D eigenvalue weighted by atomic mass is 9.68. The van der Waals surface area contributed by atoms with Crippen molar-refractivity contribution in [2.24, 2.45) is 17.8 Å². The first-order valence-corrected chi connectivity index (χ1v) is 11.6. The standard InChI is InChI=1S/C25H33NO8/c1-4-5-15(11-16-7-8-17(12-27)34-16)6-9-20(29)21-14(2)10-18-22(19(21)13-28)24(31)26(23(18)30)25(32)33-3/h7-8,11,18-20,22,27-29H,4-6,9-10,12-13H2,1-3H3/b15-11+/t18-,19+,20-,22-/m1/s1. The molecule has 0 spiro atoms. The van der Waals surface area contributed by atoms with Crippen LogP contribution >= 0.6 is 0 Å². The van der Waals surface area contributed by atoms with E-state index in [0.29, 0.717) is 34.8 Å². The maximum Gasteiger partial charge on any atom is 0.423 e. The van der Waals surface area contributed by atoms with Gasteiger partial charge in [-0.3, -0.25) is 9.59 Å². The van der Waals surface area contributed by atoms with Crippen LogP contribution in [0.4, 0.5) is 4.79 Å². The van der Waals surface area contributed by atoms with Gasteiger partial charge in [-0.15, -0.1) is 0 Å². The Bertz CT molecular complexity index is 991. The molecule has 0 unspecified atom stereocenters. The number of hydrogen-bond acceptors (Lipinski definition) is 8. The van der Waals surface area contributed by atoms with Crippen molar-refractivity contribution < 1.29 is 38.9 Å². The number of rotatable bonds is 9. The van der Waals surface area contributed by atoms with Crippen molar-refractivity contribution in [3.63, 3.8) is 0 Å². The second-order valence-electron chi connectivity index (χ2n) is 8.91. The normalized spacial score (nSPS) is 24.0. The molecule has 1 aliphatic heterocycles. The lowest BCUT2D eigenvalue weighted by molar-refractivity contribution is -0.137. The quantitative estimate of drug-likeness (QED) is 0.366. The highest BCUT2D eigenvalue weighted by molar-refractivity contribution is 6.15. The van der Waals surface area contributed by atoms with Crippen molar-refractivity contribution in [1.82, 2.24) is 4.90 Å². The smallest absolute Gasteiger partial charge is 0.423 e. The molecule has 1 saturated heterocycles. The summed E-state index contributed by atoms with van der Waals surface area (Å²) in [4.78, 5) is 38.2.